The zero-order chi connectivity index (χ0) is 51.4. The van der Waals surface area contributed by atoms with Gasteiger partial charge >= 0.3 is 35.4 Å². The van der Waals surface area contributed by atoms with Crippen molar-refractivity contribution in [3.05, 3.63) is 48.6 Å². The number of unbranched alkanes of at least 4 members (excludes halogenated alkanes) is 18. The van der Waals surface area contributed by atoms with Gasteiger partial charge in [0.25, 0.3) is 0 Å². The minimum Gasteiger partial charge on any atom is -0.462 e. The summed E-state index contributed by atoms with van der Waals surface area (Å²) in [5, 5.41) is 31.9. The number of esters is 2. The van der Waals surface area contributed by atoms with Gasteiger partial charge in [-0.15, -0.1) is 0 Å². The summed E-state index contributed by atoms with van der Waals surface area (Å²) in [7, 11) is -16.6. The van der Waals surface area contributed by atoms with Crippen LogP contribution in [-0.2, 0) is 50.9 Å². The minimum atomic E-state index is -5.61. The van der Waals surface area contributed by atoms with Crippen molar-refractivity contribution >= 4 is 35.4 Å². The second kappa shape index (κ2) is 38.7. The van der Waals surface area contributed by atoms with Crippen molar-refractivity contribution in [2.75, 3.05) is 13.2 Å². The Morgan fingerprint density at radius 1 is 0.464 bits per heavy atom. The molecular weight excluding hydrogens is 961 g/mol. The molecule has 1 rings (SSSR count). The van der Waals surface area contributed by atoms with Crippen LogP contribution in [0.25, 0.3) is 0 Å². The fourth-order valence-electron chi connectivity index (χ4n) is 7.35. The first-order valence-corrected chi connectivity index (χ1v) is 29.5. The fraction of sp³-hybridized carbons (Fsp3) is 0.787. The Hall–Kier alpha value is -1.89. The molecule has 5 unspecified atom stereocenters. The molecule has 8 atom stereocenters. The van der Waals surface area contributed by atoms with Crippen molar-refractivity contribution in [1.82, 2.24) is 0 Å². The van der Waals surface area contributed by atoms with E-state index in [0.29, 0.717) is 19.3 Å². The molecule has 1 fully saturated rings. The minimum absolute atomic E-state index is 0.0303. The number of rotatable bonds is 42. The van der Waals surface area contributed by atoms with E-state index in [0.717, 1.165) is 77.0 Å². The first kappa shape index (κ1) is 65.1. The van der Waals surface area contributed by atoms with Crippen molar-refractivity contribution in [3.8, 4) is 0 Å². The Labute approximate surface area is 410 Å². The van der Waals surface area contributed by atoms with Crippen LogP contribution in [0, 0.1) is 0 Å². The van der Waals surface area contributed by atoms with Gasteiger partial charge in [-0.25, -0.2) is 13.7 Å². The van der Waals surface area contributed by atoms with Gasteiger partial charge in [-0.2, -0.15) is 0 Å². The summed E-state index contributed by atoms with van der Waals surface area (Å²) in [5.74, 6) is -1.33. The third-order valence-corrected chi connectivity index (χ3v) is 13.1. The van der Waals surface area contributed by atoms with Gasteiger partial charge in [-0.1, -0.05) is 140 Å². The van der Waals surface area contributed by atoms with E-state index in [4.69, 9.17) is 18.5 Å². The molecule has 0 aromatic rings. The molecule has 0 heterocycles. The number of hydrogen-bond acceptors (Lipinski definition) is 14. The maximum Gasteiger partial charge on any atom is 0.472 e. The molecule has 1 aliphatic rings. The molecule has 0 aromatic carbocycles. The molecular formula is C47H85O19P3. The highest BCUT2D eigenvalue weighted by molar-refractivity contribution is 7.47. The predicted octanol–water partition coefficient (Wildman–Crippen LogP) is 9.40. The van der Waals surface area contributed by atoms with E-state index in [2.05, 4.69) is 71.5 Å². The van der Waals surface area contributed by atoms with Crippen molar-refractivity contribution < 1.29 is 90.6 Å². The first-order chi connectivity index (χ1) is 32.8. The number of aliphatic hydroxyl groups is 3. The molecule has 0 bridgehead atoms. The lowest BCUT2D eigenvalue weighted by atomic mass is 9.85. The number of carbonyl (C=O) groups is 2. The van der Waals surface area contributed by atoms with Gasteiger partial charge in [0.1, 0.15) is 43.2 Å². The maximum absolute atomic E-state index is 13.1. The van der Waals surface area contributed by atoms with Crippen LogP contribution in [0.2, 0.25) is 0 Å². The Balaban J connectivity index is 2.74. The van der Waals surface area contributed by atoms with Gasteiger partial charge in [0, 0.05) is 12.8 Å². The Morgan fingerprint density at radius 3 is 1.33 bits per heavy atom. The summed E-state index contributed by atoms with van der Waals surface area (Å²) in [6.45, 7) is 2.89. The number of phosphoric acid groups is 3. The van der Waals surface area contributed by atoms with Crippen molar-refractivity contribution in [1.29, 1.82) is 0 Å². The predicted molar refractivity (Wildman–Crippen MR) is 261 cm³/mol. The molecule has 1 saturated carbocycles. The van der Waals surface area contributed by atoms with Crippen LogP contribution >= 0.6 is 23.5 Å². The Morgan fingerprint density at radius 2 is 0.841 bits per heavy atom. The lowest BCUT2D eigenvalue weighted by Gasteiger charge is -2.44. The molecule has 69 heavy (non-hydrogen) atoms. The molecule has 1 aliphatic carbocycles. The highest BCUT2D eigenvalue weighted by Crippen LogP contribution is 2.51. The van der Waals surface area contributed by atoms with Crippen molar-refractivity contribution in [3.63, 3.8) is 0 Å². The number of allylic oxidation sites excluding steroid dienone is 8. The van der Waals surface area contributed by atoms with E-state index in [1.165, 1.54) is 57.8 Å². The summed E-state index contributed by atoms with van der Waals surface area (Å²) in [5.41, 5.74) is 0. The highest BCUT2D eigenvalue weighted by atomic mass is 31.2. The topological polar surface area (TPSA) is 303 Å². The van der Waals surface area contributed by atoms with E-state index in [-0.39, 0.29) is 12.8 Å². The van der Waals surface area contributed by atoms with Crippen LogP contribution in [0.5, 0.6) is 0 Å². The van der Waals surface area contributed by atoms with Crippen LogP contribution in [0.4, 0.5) is 0 Å². The molecule has 19 nitrogen and oxygen atoms in total. The largest absolute Gasteiger partial charge is 0.472 e. The van der Waals surface area contributed by atoms with E-state index in [1.807, 2.05) is 0 Å². The third-order valence-electron chi connectivity index (χ3n) is 11.1. The molecule has 22 heteroatoms. The van der Waals surface area contributed by atoms with E-state index < -0.39 is 91.3 Å². The van der Waals surface area contributed by atoms with Crippen LogP contribution < -0.4 is 0 Å². The van der Waals surface area contributed by atoms with Crippen molar-refractivity contribution in [2.24, 2.45) is 0 Å². The summed E-state index contributed by atoms with van der Waals surface area (Å²) in [4.78, 5) is 73.3. The van der Waals surface area contributed by atoms with Gasteiger partial charge < -0.3 is 49.3 Å². The second-order valence-electron chi connectivity index (χ2n) is 17.4. The maximum atomic E-state index is 13.1. The zero-order valence-corrected chi connectivity index (χ0v) is 43.6. The van der Waals surface area contributed by atoms with Gasteiger partial charge in [0.2, 0.25) is 0 Å². The summed E-state index contributed by atoms with van der Waals surface area (Å²) < 4.78 is 65.5. The molecule has 0 spiro atoms. The van der Waals surface area contributed by atoms with Crippen molar-refractivity contribution in [2.45, 2.75) is 224 Å². The lowest BCUT2D eigenvalue weighted by Crippen LogP contribution is -2.65. The smallest absolute Gasteiger partial charge is 0.462 e. The van der Waals surface area contributed by atoms with E-state index in [9.17, 15) is 63.1 Å². The molecule has 0 aliphatic heterocycles. The summed E-state index contributed by atoms with van der Waals surface area (Å²) >= 11 is 0. The fourth-order valence-corrected chi connectivity index (χ4v) is 9.44. The van der Waals surface area contributed by atoms with Gasteiger partial charge in [-0.05, 0) is 77.0 Å². The van der Waals surface area contributed by atoms with Crippen LogP contribution in [-0.4, -0.2) is 108 Å². The van der Waals surface area contributed by atoms with Crippen LogP contribution in [0.3, 0.4) is 0 Å². The first-order valence-electron chi connectivity index (χ1n) is 24.9. The molecule has 0 amide bonds. The molecule has 0 aromatic heterocycles. The van der Waals surface area contributed by atoms with Gasteiger partial charge in [0.05, 0.1) is 6.61 Å². The quantitative estimate of drug-likeness (QED) is 0.0122. The van der Waals surface area contributed by atoms with Crippen LogP contribution in [0.15, 0.2) is 48.6 Å². The SMILES string of the molecule is CCCCC/C=C\C/C=C\C/C=C\CCCCCCC(=O)O[C@H](COC(=O)CCCCCCC/C=C\CCCCCCCC)COP(=O)(O)O[C@H]1C(O)C(O)C(OP(=O)(O)O)[C@@H](OP(=O)(O)O)C1O. The average molecular weight is 1050 g/mol. The van der Waals surface area contributed by atoms with Gasteiger partial charge in [0.15, 0.2) is 6.10 Å². The second-order valence-corrected chi connectivity index (χ2v) is 21.2. The summed E-state index contributed by atoms with van der Waals surface area (Å²) in [6, 6.07) is 0. The molecule has 402 valence electrons. The number of ether oxygens (including phenoxy) is 2. The Bertz CT molecular complexity index is 1630. The monoisotopic (exact) mass is 1050 g/mol. The lowest BCUT2D eigenvalue weighted by molar-refractivity contribution is -0.213. The average Bonchev–Trinajstić information content (AvgIpc) is 3.28. The highest BCUT2D eigenvalue weighted by Gasteiger charge is 2.56. The molecule has 0 saturated heterocycles. The third kappa shape index (κ3) is 35.0. The number of phosphoric ester groups is 3. The van der Waals surface area contributed by atoms with Gasteiger partial charge in [-0.3, -0.25) is 27.7 Å². The van der Waals surface area contributed by atoms with E-state index in [1.54, 1.807) is 0 Å². The number of carbonyl (C=O) groups excluding carboxylic acids is 2. The van der Waals surface area contributed by atoms with Crippen LogP contribution in [0.1, 0.15) is 181 Å². The summed E-state index contributed by atoms with van der Waals surface area (Å²) in [6.07, 6.45) is 25.5. The van der Waals surface area contributed by atoms with E-state index >= 15 is 0 Å². The zero-order valence-electron chi connectivity index (χ0n) is 40.9. The number of aliphatic hydroxyl groups excluding tert-OH is 3. The Kier molecular flexibility index (Phi) is 36.5. The normalized spacial score (nSPS) is 21.7. The standard InChI is InChI=1S/C47H85O19P3/c1-3-5-7-9-11-13-15-17-19-20-22-24-26-28-30-32-34-36-41(49)63-39(37-61-40(48)35-33-31-29-27-25-23-21-18-16-14-12-10-8-6-4-2)38-62-69(59,60)66-45-42(50)43(51)46(64-67(53,54)55)47(44(45)52)65-68(56,57)58/h11,13,17-19,21-22,24,39,42-47,50-52H,3-10,12,14-16,20,23,25-38H2,1-2H3,(H,59,60)(H2,53,54,55)(H2,56,57,58)/b13-11-,19-17-,21-18-,24-22-/t39-,42?,43?,44?,45+,46?,47+/m1/s1. The number of hydrogen-bond donors (Lipinski definition) is 8. The molecule has 0 radical (unpaired) electrons. The molecule has 8 N–H and O–H groups in total.